The number of aromatic amines is 1. The van der Waals surface area contributed by atoms with E-state index in [0.29, 0.717) is 22.5 Å². The first kappa shape index (κ1) is 18.5. The molecular formula is C18H16Cl2N6O2. The maximum absolute atomic E-state index is 12.6. The van der Waals surface area contributed by atoms with Crippen molar-refractivity contribution in [2.24, 2.45) is 7.05 Å². The van der Waals surface area contributed by atoms with E-state index in [1.165, 1.54) is 4.57 Å². The molecule has 0 atom stereocenters. The van der Waals surface area contributed by atoms with Crippen molar-refractivity contribution in [3.8, 4) is 5.95 Å². The highest BCUT2D eigenvalue weighted by atomic mass is 35.5. The Morgan fingerprint density at radius 2 is 1.86 bits per heavy atom. The average Bonchev–Trinajstić information content (AvgIpc) is 3.16. The molecule has 0 aliphatic heterocycles. The van der Waals surface area contributed by atoms with Gasteiger partial charge >= 0.3 is 5.69 Å². The summed E-state index contributed by atoms with van der Waals surface area (Å²) in [5.74, 6) is 0.429. The van der Waals surface area contributed by atoms with Crippen LogP contribution >= 0.6 is 23.2 Å². The fourth-order valence-electron chi connectivity index (χ4n) is 3.19. The summed E-state index contributed by atoms with van der Waals surface area (Å²) in [6, 6.07) is 7.16. The number of benzene rings is 1. The minimum Gasteiger partial charge on any atom is -0.298 e. The number of imidazole rings is 1. The first-order chi connectivity index (χ1) is 13.3. The molecule has 4 rings (SSSR count). The third-order valence-electron chi connectivity index (χ3n) is 4.51. The molecule has 3 aromatic heterocycles. The summed E-state index contributed by atoms with van der Waals surface area (Å²) in [6.07, 6.45) is 0. The molecule has 0 bridgehead atoms. The van der Waals surface area contributed by atoms with Gasteiger partial charge in [-0.25, -0.2) is 9.48 Å². The summed E-state index contributed by atoms with van der Waals surface area (Å²) in [6.45, 7) is 4.06. The topological polar surface area (TPSA) is 90.5 Å². The van der Waals surface area contributed by atoms with E-state index in [4.69, 9.17) is 23.2 Å². The summed E-state index contributed by atoms with van der Waals surface area (Å²) in [5.41, 5.74) is 1.99. The lowest BCUT2D eigenvalue weighted by atomic mass is 10.2. The van der Waals surface area contributed by atoms with Crippen LogP contribution in [0.15, 0.2) is 33.9 Å². The minimum absolute atomic E-state index is 0.274. The SMILES string of the molecule is Cc1cc(C)n(-c2nc3c(c(=O)[nH]c(=O)n3C)n2Cc2ccc(Cl)c(Cl)c2)n1. The highest BCUT2D eigenvalue weighted by Crippen LogP contribution is 2.25. The smallest absolute Gasteiger partial charge is 0.298 e. The summed E-state index contributed by atoms with van der Waals surface area (Å²) >= 11 is 12.2. The Morgan fingerprint density at radius 3 is 2.50 bits per heavy atom. The van der Waals surface area contributed by atoms with E-state index in [9.17, 15) is 9.59 Å². The Labute approximate surface area is 169 Å². The van der Waals surface area contributed by atoms with Crippen molar-refractivity contribution in [1.82, 2.24) is 28.9 Å². The molecular weight excluding hydrogens is 403 g/mol. The highest BCUT2D eigenvalue weighted by Gasteiger charge is 2.20. The Kier molecular flexibility index (Phi) is 4.40. The van der Waals surface area contributed by atoms with Crippen molar-refractivity contribution >= 4 is 34.4 Å². The molecule has 4 aromatic rings. The Hall–Kier alpha value is -2.84. The van der Waals surface area contributed by atoms with Gasteiger partial charge in [-0.1, -0.05) is 29.3 Å². The van der Waals surface area contributed by atoms with E-state index in [0.717, 1.165) is 17.0 Å². The van der Waals surface area contributed by atoms with Crippen molar-refractivity contribution in [2.45, 2.75) is 20.4 Å². The minimum atomic E-state index is -0.531. The van der Waals surface area contributed by atoms with Crippen LogP contribution in [0.3, 0.4) is 0 Å². The zero-order valence-corrected chi connectivity index (χ0v) is 16.8. The van der Waals surface area contributed by atoms with Crippen LogP contribution in [0.4, 0.5) is 0 Å². The third-order valence-corrected chi connectivity index (χ3v) is 5.25. The Morgan fingerprint density at radius 1 is 1.11 bits per heavy atom. The standard InChI is InChI=1S/C18H16Cl2N6O2/c1-9-6-10(2)26(23-9)17-21-15-14(16(27)22-18(28)24(15)3)25(17)8-11-4-5-12(19)13(20)7-11/h4-7H,8H2,1-3H3,(H,22,27,28). The van der Waals surface area contributed by atoms with Gasteiger partial charge < -0.3 is 0 Å². The molecule has 1 N–H and O–H groups in total. The molecule has 0 radical (unpaired) electrons. The molecule has 0 saturated heterocycles. The first-order valence-electron chi connectivity index (χ1n) is 8.43. The van der Waals surface area contributed by atoms with Gasteiger partial charge in [-0.3, -0.25) is 18.9 Å². The van der Waals surface area contributed by atoms with Crippen LogP contribution in [0.5, 0.6) is 0 Å². The van der Waals surface area contributed by atoms with Gasteiger partial charge in [0.1, 0.15) is 0 Å². The Bertz CT molecular complexity index is 1340. The third kappa shape index (κ3) is 2.94. The van der Waals surface area contributed by atoms with E-state index in [1.807, 2.05) is 26.0 Å². The maximum atomic E-state index is 12.6. The van der Waals surface area contributed by atoms with Gasteiger partial charge in [0.2, 0.25) is 5.95 Å². The van der Waals surface area contributed by atoms with Crippen LogP contribution in [0, 0.1) is 13.8 Å². The number of aryl methyl sites for hydroxylation is 3. The number of nitrogens with one attached hydrogen (secondary N) is 1. The van der Waals surface area contributed by atoms with E-state index >= 15 is 0 Å². The van der Waals surface area contributed by atoms with Gasteiger partial charge in [-0.05, 0) is 37.6 Å². The first-order valence-corrected chi connectivity index (χ1v) is 9.19. The molecule has 10 heteroatoms. The van der Waals surface area contributed by atoms with Crippen LogP contribution in [-0.4, -0.2) is 28.9 Å². The quantitative estimate of drug-likeness (QED) is 0.553. The van der Waals surface area contributed by atoms with Crippen LogP contribution in [0.2, 0.25) is 10.0 Å². The van der Waals surface area contributed by atoms with Gasteiger partial charge in [-0.2, -0.15) is 10.1 Å². The summed E-state index contributed by atoms with van der Waals surface area (Å²) in [5, 5.41) is 5.34. The lowest BCUT2D eigenvalue weighted by Gasteiger charge is -2.10. The molecule has 0 amide bonds. The van der Waals surface area contributed by atoms with Crippen LogP contribution in [0.25, 0.3) is 17.1 Å². The largest absolute Gasteiger partial charge is 0.329 e. The number of hydrogen-bond donors (Lipinski definition) is 1. The van der Waals surface area contributed by atoms with Gasteiger partial charge in [0.05, 0.1) is 22.3 Å². The van der Waals surface area contributed by atoms with Gasteiger partial charge in [0.15, 0.2) is 11.2 Å². The number of fused-ring (bicyclic) bond motifs is 1. The normalized spacial score (nSPS) is 11.5. The summed E-state index contributed by atoms with van der Waals surface area (Å²) in [4.78, 5) is 31.5. The molecule has 28 heavy (non-hydrogen) atoms. The predicted octanol–water partition coefficient (Wildman–Crippen LogP) is 2.58. The van der Waals surface area contributed by atoms with Gasteiger partial charge in [0, 0.05) is 12.7 Å². The molecule has 8 nitrogen and oxygen atoms in total. The molecule has 3 heterocycles. The van der Waals surface area contributed by atoms with Crippen LogP contribution in [-0.2, 0) is 13.6 Å². The van der Waals surface area contributed by atoms with Crippen molar-refractivity contribution in [3.63, 3.8) is 0 Å². The second-order valence-corrected chi connectivity index (χ2v) is 7.39. The number of H-pyrrole nitrogens is 1. The van der Waals surface area contributed by atoms with Crippen molar-refractivity contribution < 1.29 is 0 Å². The second kappa shape index (κ2) is 6.65. The number of hydrogen-bond acceptors (Lipinski definition) is 4. The number of nitrogens with zero attached hydrogens (tertiary/aromatic N) is 5. The van der Waals surface area contributed by atoms with Crippen molar-refractivity contribution in [3.05, 3.63) is 72.1 Å². The summed E-state index contributed by atoms with van der Waals surface area (Å²) < 4.78 is 4.67. The maximum Gasteiger partial charge on any atom is 0.329 e. The molecule has 0 fully saturated rings. The molecule has 1 aromatic carbocycles. The molecule has 0 saturated carbocycles. The molecule has 0 spiro atoms. The van der Waals surface area contributed by atoms with Crippen LogP contribution < -0.4 is 11.2 Å². The fourth-order valence-corrected chi connectivity index (χ4v) is 3.51. The molecule has 0 unspecified atom stereocenters. The fraction of sp³-hybridized carbons (Fsp3) is 0.222. The van der Waals surface area contributed by atoms with Gasteiger partial charge in [0.25, 0.3) is 5.56 Å². The van der Waals surface area contributed by atoms with E-state index < -0.39 is 11.2 Å². The van der Waals surface area contributed by atoms with E-state index in [2.05, 4.69) is 15.1 Å². The van der Waals surface area contributed by atoms with Crippen molar-refractivity contribution in [2.75, 3.05) is 0 Å². The number of halogens is 2. The summed E-state index contributed by atoms with van der Waals surface area (Å²) in [7, 11) is 1.56. The van der Waals surface area contributed by atoms with Crippen LogP contribution in [0.1, 0.15) is 17.0 Å². The lowest BCUT2D eigenvalue weighted by molar-refractivity contribution is 0.701. The number of aromatic nitrogens is 6. The highest BCUT2D eigenvalue weighted by molar-refractivity contribution is 6.42. The zero-order chi connectivity index (χ0) is 20.2. The molecule has 0 aliphatic carbocycles. The predicted molar refractivity (Wildman–Crippen MR) is 108 cm³/mol. The number of rotatable bonds is 3. The Balaban J connectivity index is 2.04. The molecule has 0 aliphatic rings. The lowest BCUT2D eigenvalue weighted by Crippen LogP contribution is -2.29. The molecule has 144 valence electrons. The van der Waals surface area contributed by atoms with E-state index in [1.54, 1.807) is 28.4 Å². The zero-order valence-electron chi connectivity index (χ0n) is 15.3. The monoisotopic (exact) mass is 418 g/mol. The second-order valence-electron chi connectivity index (χ2n) is 6.58. The van der Waals surface area contributed by atoms with E-state index in [-0.39, 0.29) is 11.2 Å². The average molecular weight is 419 g/mol. The van der Waals surface area contributed by atoms with Gasteiger partial charge in [-0.15, -0.1) is 0 Å². The van der Waals surface area contributed by atoms with Crippen molar-refractivity contribution in [1.29, 1.82) is 0 Å².